The molecule has 1 aromatic heterocycles. The summed E-state index contributed by atoms with van der Waals surface area (Å²) in [6.07, 6.45) is 2.70. The minimum absolute atomic E-state index is 0.654. The highest BCUT2D eigenvalue weighted by molar-refractivity contribution is 5.13. The van der Waals surface area contributed by atoms with Crippen LogP contribution in [0.15, 0.2) is 16.7 Å². The topological polar surface area (TPSA) is 45.6 Å². The molecule has 0 radical (unpaired) electrons. The van der Waals surface area contributed by atoms with Gasteiger partial charge in [-0.2, -0.15) is 0 Å². The van der Waals surface area contributed by atoms with Gasteiger partial charge in [0.05, 0.1) is 6.26 Å². The molecule has 2 rings (SSSR count). The highest BCUT2D eigenvalue weighted by Crippen LogP contribution is 2.12. The number of hydrogen-bond acceptors (Lipinski definition) is 4. The number of nitrogens with zero attached hydrogens (tertiary/aromatic N) is 2. The summed E-state index contributed by atoms with van der Waals surface area (Å²) in [5, 5.41) is 0. The first-order valence-corrected chi connectivity index (χ1v) is 5.95. The molecule has 1 saturated heterocycles. The quantitative estimate of drug-likeness (QED) is 0.808. The average Bonchev–Trinajstić information content (AvgIpc) is 2.70. The first-order valence-electron chi connectivity index (χ1n) is 5.95. The van der Waals surface area contributed by atoms with Crippen LogP contribution >= 0.6 is 0 Å². The lowest BCUT2D eigenvalue weighted by molar-refractivity contribution is 0.148. The molecule has 2 heterocycles. The van der Waals surface area contributed by atoms with Crippen LogP contribution in [0.2, 0.25) is 0 Å². The number of hydrogen-bond donors (Lipinski definition) is 1. The van der Waals surface area contributed by atoms with Crippen molar-refractivity contribution in [3.05, 3.63) is 23.7 Å². The summed E-state index contributed by atoms with van der Waals surface area (Å²) >= 11 is 0. The summed E-state index contributed by atoms with van der Waals surface area (Å²) in [6, 6.07) is 2.13. The zero-order valence-electron chi connectivity index (χ0n) is 9.98. The normalized spacial score (nSPS) is 19.1. The van der Waals surface area contributed by atoms with E-state index in [4.69, 9.17) is 10.2 Å². The molecular formula is C12H21N3O. The predicted molar refractivity (Wildman–Crippen MR) is 64.2 cm³/mol. The van der Waals surface area contributed by atoms with Crippen LogP contribution in [-0.2, 0) is 13.0 Å². The smallest absolute Gasteiger partial charge is 0.105 e. The number of rotatable bonds is 4. The molecule has 0 amide bonds. The van der Waals surface area contributed by atoms with Crippen molar-refractivity contribution in [2.75, 3.05) is 39.8 Å². The van der Waals surface area contributed by atoms with Crippen molar-refractivity contribution in [1.29, 1.82) is 0 Å². The summed E-state index contributed by atoms with van der Waals surface area (Å²) < 4.78 is 5.45. The Balaban J connectivity index is 1.83. The van der Waals surface area contributed by atoms with Gasteiger partial charge >= 0.3 is 0 Å². The van der Waals surface area contributed by atoms with Gasteiger partial charge in [0.1, 0.15) is 5.76 Å². The van der Waals surface area contributed by atoms with Crippen LogP contribution in [0.1, 0.15) is 11.3 Å². The second-order valence-electron chi connectivity index (χ2n) is 4.54. The van der Waals surface area contributed by atoms with Gasteiger partial charge in [-0.3, -0.25) is 4.90 Å². The van der Waals surface area contributed by atoms with Crippen LogP contribution in [0.5, 0.6) is 0 Å². The Hall–Kier alpha value is -0.840. The third-order valence-electron chi connectivity index (χ3n) is 3.10. The van der Waals surface area contributed by atoms with Gasteiger partial charge in [0.2, 0.25) is 0 Å². The van der Waals surface area contributed by atoms with E-state index in [0.29, 0.717) is 6.54 Å². The second kappa shape index (κ2) is 5.48. The molecule has 0 spiro atoms. The molecule has 0 saturated carbocycles. The maximum Gasteiger partial charge on any atom is 0.105 e. The molecule has 1 aliphatic rings. The summed E-state index contributed by atoms with van der Waals surface area (Å²) in [5.41, 5.74) is 6.76. The van der Waals surface area contributed by atoms with Crippen molar-refractivity contribution in [3.8, 4) is 0 Å². The molecule has 4 nitrogen and oxygen atoms in total. The van der Waals surface area contributed by atoms with E-state index in [-0.39, 0.29) is 0 Å². The third kappa shape index (κ3) is 3.07. The van der Waals surface area contributed by atoms with Gasteiger partial charge in [0.25, 0.3) is 0 Å². The molecule has 1 aromatic rings. The molecule has 2 N–H and O–H groups in total. The van der Waals surface area contributed by atoms with E-state index in [1.165, 1.54) is 5.56 Å². The van der Waals surface area contributed by atoms with Gasteiger partial charge < -0.3 is 15.1 Å². The largest absolute Gasteiger partial charge is 0.469 e. The first kappa shape index (κ1) is 11.6. The highest BCUT2D eigenvalue weighted by Gasteiger charge is 2.14. The molecule has 4 heteroatoms. The van der Waals surface area contributed by atoms with E-state index in [0.717, 1.165) is 44.9 Å². The highest BCUT2D eigenvalue weighted by atomic mass is 16.3. The van der Waals surface area contributed by atoms with Crippen LogP contribution in [0.3, 0.4) is 0 Å². The lowest BCUT2D eigenvalue weighted by Gasteiger charge is -2.31. The number of nitrogens with two attached hydrogens (primary N) is 1. The van der Waals surface area contributed by atoms with Crippen molar-refractivity contribution >= 4 is 0 Å². The van der Waals surface area contributed by atoms with E-state index in [9.17, 15) is 0 Å². The Morgan fingerprint density at radius 3 is 2.75 bits per heavy atom. The van der Waals surface area contributed by atoms with Crippen molar-refractivity contribution in [2.24, 2.45) is 5.73 Å². The first-order chi connectivity index (χ1) is 7.78. The van der Waals surface area contributed by atoms with E-state index in [1.807, 2.05) is 6.26 Å². The Morgan fingerprint density at radius 1 is 1.31 bits per heavy atom. The molecule has 0 unspecified atom stereocenters. The van der Waals surface area contributed by atoms with Gasteiger partial charge in [-0.05, 0) is 19.7 Å². The number of piperazine rings is 1. The monoisotopic (exact) mass is 223 g/mol. The Kier molecular flexibility index (Phi) is 3.98. The van der Waals surface area contributed by atoms with Crippen molar-refractivity contribution < 1.29 is 4.42 Å². The predicted octanol–water partition coefficient (Wildman–Crippen LogP) is 0.528. The lowest BCUT2D eigenvalue weighted by Crippen LogP contribution is -2.43. The van der Waals surface area contributed by atoms with Gasteiger partial charge in [0, 0.05) is 44.7 Å². The molecule has 0 atom stereocenters. The fraction of sp³-hybridized carbons (Fsp3) is 0.667. The lowest BCUT2D eigenvalue weighted by atomic mass is 10.2. The molecule has 0 aliphatic carbocycles. The van der Waals surface area contributed by atoms with E-state index in [1.54, 1.807) is 0 Å². The minimum Gasteiger partial charge on any atom is -0.469 e. The van der Waals surface area contributed by atoms with Crippen LogP contribution in [0.4, 0.5) is 0 Å². The van der Waals surface area contributed by atoms with Crippen LogP contribution < -0.4 is 5.73 Å². The molecule has 0 aromatic carbocycles. The standard InChI is InChI=1S/C12H21N3O/c1-14-4-6-15(7-5-14)9-11-8-12(2-3-13)16-10-11/h8,10H,2-7,9,13H2,1H3. The van der Waals surface area contributed by atoms with Crippen molar-refractivity contribution in [3.63, 3.8) is 0 Å². The number of furan rings is 1. The average molecular weight is 223 g/mol. The van der Waals surface area contributed by atoms with Crippen molar-refractivity contribution in [1.82, 2.24) is 9.80 Å². The van der Waals surface area contributed by atoms with Crippen LogP contribution in [0, 0.1) is 0 Å². The molecule has 1 aliphatic heterocycles. The Bertz CT molecular complexity index is 316. The summed E-state index contributed by atoms with van der Waals surface area (Å²) in [6.45, 7) is 6.27. The summed E-state index contributed by atoms with van der Waals surface area (Å²) in [7, 11) is 2.18. The van der Waals surface area contributed by atoms with Crippen LogP contribution in [0.25, 0.3) is 0 Å². The zero-order chi connectivity index (χ0) is 11.4. The molecule has 0 bridgehead atoms. The van der Waals surface area contributed by atoms with E-state index in [2.05, 4.69) is 22.9 Å². The molecule has 16 heavy (non-hydrogen) atoms. The molecule has 90 valence electrons. The molecular weight excluding hydrogens is 202 g/mol. The van der Waals surface area contributed by atoms with E-state index < -0.39 is 0 Å². The minimum atomic E-state index is 0.654. The van der Waals surface area contributed by atoms with Gasteiger partial charge in [-0.15, -0.1) is 0 Å². The summed E-state index contributed by atoms with van der Waals surface area (Å²) in [5.74, 6) is 1.01. The third-order valence-corrected chi connectivity index (χ3v) is 3.10. The van der Waals surface area contributed by atoms with Gasteiger partial charge in [-0.1, -0.05) is 0 Å². The fourth-order valence-electron chi connectivity index (χ4n) is 2.05. The second-order valence-corrected chi connectivity index (χ2v) is 4.54. The van der Waals surface area contributed by atoms with Gasteiger partial charge in [0.15, 0.2) is 0 Å². The maximum absolute atomic E-state index is 5.49. The Labute approximate surface area is 97.0 Å². The van der Waals surface area contributed by atoms with Gasteiger partial charge in [-0.25, -0.2) is 0 Å². The fourth-order valence-corrected chi connectivity index (χ4v) is 2.05. The van der Waals surface area contributed by atoms with Crippen LogP contribution in [-0.4, -0.2) is 49.6 Å². The SMILES string of the molecule is CN1CCN(Cc2coc(CCN)c2)CC1. The zero-order valence-corrected chi connectivity index (χ0v) is 9.98. The maximum atomic E-state index is 5.49. The summed E-state index contributed by atoms with van der Waals surface area (Å²) in [4.78, 5) is 4.84. The Morgan fingerprint density at radius 2 is 2.06 bits per heavy atom. The van der Waals surface area contributed by atoms with Crippen molar-refractivity contribution in [2.45, 2.75) is 13.0 Å². The van der Waals surface area contributed by atoms with E-state index >= 15 is 0 Å². The molecule has 1 fully saturated rings. The number of likely N-dealkylation sites (N-methyl/N-ethyl adjacent to an activating group) is 1.